The first-order valence-corrected chi connectivity index (χ1v) is 4.99. The van der Waals surface area contributed by atoms with Gasteiger partial charge in [-0.25, -0.2) is 4.68 Å². The number of nitrogen functional groups attached to an aromatic ring is 1. The highest BCUT2D eigenvalue weighted by Gasteiger charge is 2.06. The molecule has 0 radical (unpaired) electrons. The van der Waals surface area contributed by atoms with Gasteiger partial charge in [-0.05, 0) is 27.4 Å². The standard InChI is InChI=1S/C7H6BrN3S/c8-5-2-4-12-7(5)11-6(9)1-3-10-11/h1-4H,9H2. The monoisotopic (exact) mass is 243 g/mol. The molecule has 0 aliphatic rings. The molecular formula is C7H6BrN3S. The Labute approximate surface area is 81.9 Å². The highest BCUT2D eigenvalue weighted by Crippen LogP contribution is 2.27. The molecule has 0 aliphatic carbocycles. The lowest BCUT2D eigenvalue weighted by atomic mass is 10.6. The summed E-state index contributed by atoms with van der Waals surface area (Å²) in [6, 6.07) is 3.74. The van der Waals surface area contributed by atoms with Crippen molar-refractivity contribution in [3.63, 3.8) is 0 Å². The first kappa shape index (κ1) is 7.82. The van der Waals surface area contributed by atoms with E-state index in [4.69, 9.17) is 5.73 Å². The minimum atomic E-state index is 0.651. The van der Waals surface area contributed by atoms with Gasteiger partial charge in [-0.1, -0.05) is 0 Å². The van der Waals surface area contributed by atoms with Crippen LogP contribution < -0.4 is 5.73 Å². The van der Waals surface area contributed by atoms with Crippen molar-refractivity contribution in [2.75, 3.05) is 5.73 Å². The first-order valence-electron chi connectivity index (χ1n) is 3.32. The maximum atomic E-state index is 5.69. The molecule has 2 rings (SSSR count). The van der Waals surface area contributed by atoms with Crippen LogP contribution in [0.2, 0.25) is 0 Å². The molecule has 0 spiro atoms. The summed E-state index contributed by atoms with van der Waals surface area (Å²) in [5.74, 6) is 0.651. The second-order valence-corrected chi connectivity index (χ2v) is 3.99. The lowest BCUT2D eigenvalue weighted by molar-refractivity contribution is 0.905. The molecule has 3 nitrogen and oxygen atoms in total. The van der Waals surface area contributed by atoms with E-state index in [0.29, 0.717) is 5.82 Å². The molecule has 2 aromatic rings. The van der Waals surface area contributed by atoms with E-state index in [1.165, 1.54) is 0 Å². The molecule has 2 aromatic heterocycles. The Bertz CT molecular complexity index is 355. The van der Waals surface area contributed by atoms with Crippen LogP contribution >= 0.6 is 27.3 Å². The maximum Gasteiger partial charge on any atom is 0.134 e. The van der Waals surface area contributed by atoms with Crippen LogP contribution in [0.4, 0.5) is 5.82 Å². The second-order valence-electron chi connectivity index (χ2n) is 2.24. The van der Waals surface area contributed by atoms with Gasteiger partial charge in [-0.2, -0.15) is 5.10 Å². The number of halogens is 1. The Hall–Kier alpha value is -0.810. The third kappa shape index (κ3) is 1.15. The Kier molecular flexibility index (Phi) is 1.90. The van der Waals surface area contributed by atoms with E-state index < -0.39 is 0 Å². The molecular weight excluding hydrogens is 238 g/mol. The quantitative estimate of drug-likeness (QED) is 0.836. The smallest absolute Gasteiger partial charge is 0.134 e. The number of thiophene rings is 1. The maximum absolute atomic E-state index is 5.69. The SMILES string of the molecule is Nc1ccnn1-c1sccc1Br. The first-order chi connectivity index (χ1) is 5.79. The van der Waals surface area contributed by atoms with E-state index >= 15 is 0 Å². The van der Waals surface area contributed by atoms with E-state index in [0.717, 1.165) is 9.47 Å². The number of hydrogen-bond acceptors (Lipinski definition) is 3. The predicted molar refractivity (Wildman–Crippen MR) is 53.6 cm³/mol. The summed E-state index contributed by atoms with van der Waals surface area (Å²) in [6.45, 7) is 0. The number of rotatable bonds is 1. The van der Waals surface area contributed by atoms with Crippen molar-refractivity contribution in [2.45, 2.75) is 0 Å². The minimum Gasteiger partial charge on any atom is -0.384 e. The normalized spacial score (nSPS) is 10.4. The van der Waals surface area contributed by atoms with E-state index in [-0.39, 0.29) is 0 Å². The molecule has 0 saturated carbocycles. The molecule has 0 bridgehead atoms. The molecule has 0 aromatic carbocycles. The van der Waals surface area contributed by atoms with Crippen LogP contribution in [0.3, 0.4) is 0 Å². The summed E-state index contributed by atoms with van der Waals surface area (Å²) in [6.07, 6.45) is 1.68. The lowest BCUT2D eigenvalue weighted by Gasteiger charge is -1.99. The third-order valence-electron chi connectivity index (χ3n) is 1.46. The molecule has 0 atom stereocenters. The van der Waals surface area contributed by atoms with Crippen molar-refractivity contribution in [2.24, 2.45) is 0 Å². The largest absolute Gasteiger partial charge is 0.384 e. The van der Waals surface area contributed by atoms with Gasteiger partial charge in [0.2, 0.25) is 0 Å². The van der Waals surface area contributed by atoms with E-state index in [1.807, 2.05) is 11.4 Å². The van der Waals surface area contributed by atoms with E-state index in [1.54, 1.807) is 28.3 Å². The summed E-state index contributed by atoms with van der Waals surface area (Å²) < 4.78 is 2.72. The van der Waals surface area contributed by atoms with Gasteiger partial charge < -0.3 is 5.73 Å². The average Bonchev–Trinajstić information content (AvgIpc) is 2.59. The van der Waals surface area contributed by atoms with Crippen molar-refractivity contribution in [3.8, 4) is 5.00 Å². The Morgan fingerprint density at radius 2 is 2.33 bits per heavy atom. The topological polar surface area (TPSA) is 43.8 Å². The molecule has 2 N–H and O–H groups in total. The number of anilines is 1. The van der Waals surface area contributed by atoms with Crippen LogP contribution in [0.1, 0.15) is 0 Å². The summed E-state index contributed by atoms with van der Waals surface area (Å²) >= 11 is 5.01. The number of nitrogens with zero attached hydrogens (tertiary/aromatic N) is 2. The lowest BCUT2D eigenvalue weighted by Crippen LogP contribution is -1.99. The van der Waals surface area contributed by atoms with E-state index in [2.05, 4.69) is 21.0 Å². The van der Waals surface area contributed by atoms with Crippen molar-refractivity contribution in [3.05, 3.63) is 28.2 Å². The second kappa shape index (κ2) is 2.91. The van der Waals surface area contributed by atoms with Crippen LogP contribution in [-0.2, 0) is 0 Å². The fraction of sp³-hybridized carbons (Fsp3) is 0. The highest BCUT2D eigenvalue weighted by molar-refractivity contribution is 9.10. The fourth-order valence-electron chi connectivity index (χ4n) is 0.920. The van der Waals surface area contributed by atoms with Gasteiger partial charge in [-0.15, -0.1) is 11.3 Å². The summed E-state index contributed by atoms with van der Waals surface area (Å²) in [7, 11) is 0. The predicted octanol–water partition coefficient (Wildman–Crippen LogP) is 2.28. The molecule has 0 aliphatic heterocycles. The number of hydrogen-bond donors (Lipinski definition) is 1. The van der Waals surface area contributed by atoms with Gasteiger partial charge in [0, 0.05) is 6.07 Å². The van der Waals surface area contributed by atoms with Crippen molar-refractivity contribution in [1.29, 1.82) is 0 Å². The molecule has 62 valence electrons. The summed E-state index contributed by atoms with van der Waals surface area (Å²) in [5.41, 5.74) is 5.69. The van der Waals surface area contributed by atoms with Gasteiger partial charge in [0.1, 0.15) is 10.8 Å². The van der Waals surface area contributed by atoms with Crippen molar-refractivity contribution in [1.82, 2.24) is 9.78 Å². The van der Waals surface area contributed by atoms with Gasteiger partial charge in [0.25, 0.3) is 0 Å². The fourth-order valence-corrected chi connectivity index (χ4v) is 2.44. The zero-order chi connectivity index (χ0) is 8.55. The zero-order valence-electron chi connectivity index (χ0n) is 6.07. The molecule has 0 amide bonds. The molecule has 0 unspecified atom stereocenters. The molecule has 0 saturated heterocycles. The third-order valence-corrected chi connectivity index (χ3v) is 3.25. The average molecular weight is 244 g/mol. The minimum absolute atomic E-state index is 0.651. The number of nitrogens with two attached hydrogens (primary N) is 1. The highest BCUT2D eigenvalue weighted by atomic mass is 79.9. The molecule has 5 heteroatoms. The van der Waals surface area contributed by atoms with Gasteiger partial charge in [0.15, 0.2) is 0 Å². The van der Waals surface area contributed by atoms with Crippen LogP contribution in [0.25, 0.3) is 5.00 Å². The Morgan fingerprint density at radius 1 is 1.50 bits per heavy atom. The van der Waals surface area contributed by atoms with Crippen LogP contribution in [0, 0.1) is 0 Å². The van der Waals surface area contributed by atoms with Gasteiger partial charge >= 0.3 is 0 Å². The van der Waals surface area contributed by atoms with Crippen molar-refractivity contribution < 1.29 is 0 Å². The zero-order valence-corrected chi connectivity index (χ0v) is 8.47. The Morgan fingerprint density at radius 3 is 2.83 bits per heavy atom. The molecule has 2 heterocycles. The van der Waals surface area contributed by atoms with Crippen molar-refractivity contribution >= 4 is 33.1 Å². The molecule has 12 heavy (non-hydrogen) atoms. The summed E-state index contributed by atoms with van der Waals surface area (Å²) in [4.78, 5) is 0. The molecule has 0 fully saturated rings. The van der Waals surface area contributed by atoms with Crippen LogP contribution in [-0.4, -0.2) is 9.78 Å². The van der Waals surface area contributed by atoms with Crippen LogP contribution in [0.5, 0.6) is 0 Å². The van der Waals surface area contributed by atoms with Gasteiger partial charge in [0.05, 0.1) is 10.7 Å². The van der Waals surface area contributed by atoms with Crippen LogP contribution in [0.15, 0.2) is 28.2 Å². The number of aromatic nitrogens is 2. The Balaban J connectivity index is 2.57. The van der Waals surface area contributed by atoms with E-state index in [9.17, 15) is 0 Å². The summed E-state index contributed by atoms with van der Waals surface area (Å²) in [5, 5.41) is 7.09. The van der Waals surface area contributed by atoms with Gasteiger partial charge in [-0.3, -0.25) is 0 Å².